The van der Waals surface area contributed by atoms with Crippen molar-refractivity contribution in [3.63, 3.8) is 0 Å². The van der Waals surface area contributed by atoms with E-state index in [1.54, 1.807) is 53.4 Å². The molecule has 2 fully saturated rings. The molecule has 0 aliphatic carbocycles. The van der Waals surface area contributed by atoms with Crippen LogP contribution < -0.4 is 10.6 Å². The van der Waals surface area contributed by atoms with E-state index in [1.165, 1.54) is 12.0 Å². The van der Waals surface area contributed by atoms with Crippen LogP contribution in [0.5, 0.6) is 0 Å². The lowest BCUT2D eigenvalue weighted by atomic mass is 9.74. The van der Waals surface area contributed by atoms with Gasteiger partial charge in [0.1, 0.15) is 11.3 Å². The normalized spacial score (nSPS) is 19.7. The third-order valence-electron chi connectivity index (χ3n) is 6.95. The molecule has 3 N–H and O–H groups in total. The molecule has 1 atom stereocenters. The summed E-state index contributed by atoms with van der Waals surface area (Å²) in [5.41, 5.74) is 6.14. The number of hydrogen-bond donors (Lipinski definition) is 2. The average molecular weight is 507 g/mol. The lowest BCUT2D eigenvalue weighted by Crippen LogP contribution is -2.48. The summed E-state index contributed by atoms with van der Waals surface area (Å²) in [5.74, 6) is -1.56. The molecule has 10 heteroatoms. The van der Waals surface area contributed by atoms with E-state index in [4.69, 9.17) is 20.6 Å². The highest BCUT2D eigenvalue weighted by Gasteiger charge is 2.56. The van der Waals surface area contributed by atoms with Gasteiger partial charge in [-0.25, -0.2) is 0 Å². The number of methoxy groups -OCH3 is 1. The highest BCUT2D eigenvalue weighted by molar-refractivity contribution is 6.26. The molecule has 2 heterocycles. The number of anilines is 1. The van der Waals surface area contributed by atoms with Crippen molar-refractivity contribution in [2.24, 2.45) is 5.73 Å². The third kappa shape index (κ3) is 5.24. The molecule has 0 aromatic heterocycles. The Morgan fingerprint density at radius 2 is 1.70 bits per heavy atom. The molecular weight excluding hydrogens is 476 g/mol. The summed E-state index contributed by atoms with van der Waals surface area (Å²) in [6.45, 7) is 1.44. The molecule has 2 amide bonds. The maximum atomic E-state index is 14.0. The van der Waals surface area contributed by atoms with Gasteiger partial charge in [-0.2, -0.15) is 0 Å². The number of nitrogens with zero attached hydrogens (tertiary/aromatic N) is 2. The molecule has 0 saturated carbocycles. The lowest BCUT2D eigenvalue weighted by molar-refractivity contribution is -0.142. The predicted molar refractivity (Wildman–Crippen MR) is 135 cm³/mol. The van der Waals surface area contributed by atoms with Gasteiger partial charge >= 0.3 is 5.97 Å². The number of rotatable bonds is 8. The number of aryl methyl sites for hydroxylation is 1. The SMILES string of the molecule is COC(=O)CCc1ccc(C2(CC(=O)N3CCOCC3)C(=O)CN(c3ccc(C(=N)N)cc3)C2=O)cc1. The largest absolute Gasteiger partial charge is 0.469 e. The number of hydrogen-bond acceptors (Lipinski definition) is 7. The number of esters is 1. The van der Waals surface area contributed by atoms with Crippen LogP contribution in [0.3, 0.4) is 0 Å². The molecule has 0 spiro atoms. The maximum Gasteiger partial charge on any atom is 0.305 e. The number of morpholine rings is 1. The van der Waals surface area contributed by atoms with Crippen LogP contribution in [0.2, 0.25) is 0 Å². The second-order valence-electron chi connectivity index (χ2n) is 9.12. The summed E-state index contributed by atoms with van der Waals surface area (Å²) in [5, 5.41) is 7.58. The summed E-state index contributed by atoms with van der Waals surface area (Å²) in [4.78, 5) is 55.5. The number of amidine groups is 1. The molecule has 1 unspecified atom stereocenters. The number of ketones is 1. The third-order valence-corrected chi connectivity index (χ3v) is 6.95. The Balaban J connectivity index is 1.67. The van der Waals surface area contributed by atoms with Crippen LogP contribution in [0.25, 0.3) is 0 Å². The van der Waals surface area contributed by atoms with E-state index in [0.717, 1.165) is 5.56 Å². The van der Waals surface area contributed by atoms with Gasteiger partial charge in [0.25, 0.3) is 0 Å². The van der Waals surface area contributed by atoms with E-state index >= 15 is 0 Å². The monoisotopic (exact) mass is 506 g/mol. The van der Waals surface area contributed by atoms with Gasteiger partial charge in [-0.15, -0.1) is 0 Å². The number of carbonyl (C=O) groups is 4. The van der Waals surface area contributed by atoms with Gasteiger partial charge in [-0.05, 0) is 41.8 Å². The molecule has 4 rings (SSSR count). The number of nitrogens with one attached hydrogen (secondary N) is 1. The molecule has 2 aliphatic rings. The summed E-state index contributed by atoms with van der Waals surface area (Å²) < 4.78 is 10.0. The second kappa shape index (κ2) is 10.9. The molecular formula is C27H30N4O6. The summed E-state index contributed by atoms with van der Waals surface area (Å²) in [6, 6.07) is 13.4. The van der Waals surface area contributed by atoms with Crippen LogP contribution in [-0.2, 0) is 40.5 Å². The summed E-state index contributed by atoms with van der Waals surface area (Å²) in [7, 11) is 1.33. The Bertz CT molecular complexity index is 1200. The van der Waals surface area contributed by atoms with Crippen molar-refractivity contribution in [1.82, 2.24) is 4.90 Å². The fourth-order valence-corrected chi connectivity index (χ4v) is 4.75. The zero-order valence-electron chi connectivity index (χ0n) is 20.7. The van der Waals surface area contributed by atoms with E-state index < -0.39 is 11.3 Å². The smallest absolute Gasteiger partial charge is 0.305 e. The number of amides is 2. The number of nitrogen functional groups attached to an aromatic ring is 1. The average Bonchev–Trinajstić information content (AvgIpc) is 3.18. The van der Waals surface area contributed by atoms with E-state index in [0.29, 0.717) is 49.5 Å². The standard InChI is InChI=1S/C27H30N4O6/c1-36-24(34)11-4-18-2-7-20(8-3-18)27(16-23(33)30-12-14-37-15-13-30)22(32)17-31(26(27)35)21-9-5-19(6-10-21)25(28)29/h2-3,5-10H,4,11-17H2,1H3,(H3,28,29). The number of benzene rings is 2. The van der Waals surface area contributed by atoms with Gasteiger partial charge in [-0.1, -0.05) is 24.3 Å². The van der Waals surface area contributed by atoms with Crippen molar-refractivity contribution < 1.29 is 28.7 Å². The maximum absolute atomic E-state index is 14.0. The first kappa shape index (κ1) is 26.0. The first-order valence-electron chi connectivity index (χ1n) is 12.1. The molecule has 37 heavy (non-hydrogen) atoms. The van der Waals surface area contributed by atoms with Crippen LogP contribution >= 0.6 is 0 Å². The Hall–Kier alpha value is -4.05. The number of Topliss-reactive ketones (excluding diaryl/α,β-unsaturated/α-hetero) is 1. The fraction of sp³-hybridized carbons (Fsp3) is 0.370. The quantitative estimate of drug-likeness (QED) is 0.237. The number of ether oxygens (including phenoxy) is 2. The summed E-state index contributed by atoms with van der Waals surface area (Å²) >= 11 is 0. The minimum atomic E-state index is -1.67. The molecule has 2 aromatic rings. The minimum absolute atomic E-state index is 0.104. The summed E-state index contributed by atoms with van der Waals surface area (Å²) in [6.07, 6.45) is 0.371. The first-order chi connectivity index (χ1) is 17.8. The molecule has 10 nitrogen and oxygen atoms in total. The van der Waals surface area contributed by atoms with E-state index in [-0.39, 0.29) is 42.9 Å². The van der Waals surface area contributed by atoms with Crippen molar-refractivity contribution >= 4 is 35.1 Å². The van der Waals surface area contributed by atoms with Crippen LogP contribution in [0, 0.1) is 5.41 Å². The Labute approximate surface area is 214 Å². The molecule has 2 aliphatic heterocycles. The molecule has 2 aromatic carbocycles. The van der Waals surface area contributed by atoms with Crippen molar-refractivity contribution in [2.45, 2.75) is 24.7 Å². The van der Waals surface area contributed by atoms with Crippen molar-refractivity contribution in [3.8, 4) is 0 Å². The van der Waals surface area contributed by atoms with Crippen molar-refractivity contribution in [3.05, 3.63) is 65.2 Å². The van der Waals surface area contributed by atoms with Crippen LogP contribution in [0.1, 0.15) is 29.5 Å². The van der Waals surface area contributed by atoms with Gasteiger partial charge in [0.05, 0.1) is 33.3 Å². The molecule has 194 valence electrons. The Morgan fingerprint density at radius 1 is 1.05 bits per heavy atom. The molecule has 2 saturated heterocycles. The van der Waals surface area contributed by atoms with Crippen molar-refractivity contribution in [1.29, 1.82) is 5.41 Å². The highest BCUT2D eigenvalue weighted by atomic mass is 16.5. The highest BCUT2D eigenvalue weighted by Crippen LogP contribution is 2.39. The first-order valence-corrected chi connectivity index (χ1v) is 12.1. The zero-order chi connectivity index (χ0) is 26.6. The van der Waals surface area contributed by atoms with E-state index in [9.17, 15) is 19.2 Å². The fourth-order valence-electron chi connectivity index (χ4n) is 4.75. The van der Waals surface area contributed by atoms with E-state index in [2.05, 4.69) is 0 Å². The van der Waals surface area contributed by atoms with Crippen LogP contribution in [0.15, 0.2) is 48.5 Å². The van der Waals surface area contributed by atoms with Gasteiger partial charge in [0.15, 0.2) is 5.78 Å². The minimum Gasteiger partial charge on any atom is -0.469 e. The topological polar surface area (TPSA) is 143 Å². The van der Waals surface area contributed by atoms with Gasteiger partial charge in [0, 0.05) is 30.8 Å². The van der Waals surface area contributed by atoms with Crippen LogP contribution in [0.4, 0.5) is 5.69 Å². The molecule has 0 radical (unpaired) electrons. The lowest BCUT2D eigenvalue weighted by Gasteiger charge is -2.32. The second-order valence-corrected chi connectivity index (χ2v) is 9.12. The van der Waals surface area contributed by atoms with Gasteiger partial charge < -0.3 is 25.0 Å². The number of carbonyl (C=O) groups excluding carboxylic acids is 4. The predicted octanol–water partition coefficient (Wildman–Crippen LogP) is 1.18. The van der Waals surface area contributed by atoms with Crippen LogP contribution in [-0.4, -0.2) is 74.3 Å². The van der Waals surface area contributed by atoms with Gasteiger partial charge in [-0.3, -0.25) is 24.6 Å². The van der Waals surface area contributed by atoms with E-state index in [1.807, 2.05) is 0 Å². The van der Waals surface area contributed by atoms with Crippen molar-refractivity contribution in [2.75, 3.05) is 44.9 Å². The zero-order valence-corrected chi connectivity index (χ0v) is 20.7. The van der Waals surface area contributed by atoms with Gasteiger partial charge in [0.2, 0.25) is 11.8 Å². The Morgan fingerprint density at radius 3 is 2.30 bits per heavy atom. The molecule has 0 bridgehead atoms. The Kier molecular flexibility index (Phi) is 7.68. The number of nitrogens with two attached hydrogens (primary N) is 1.